The number of hydrogen-bond acceptors (Lipinski definition) is 4. The Balaban J connectivity index is 1.33. The molecule has 1 aromatic carbocycles. The highest BCUT2D eigenvalue weighted by Crippen LogP contribution is 2.35. The first-order chi connectivity index (χ1) is 12.3. The minimum Gasteiger partial charge on any atom is -0.493 e. The van der Waals surface area contributed by atoms with Gasteiger partial charge in [-0.25, -0.2) is 4.98 Å². The maximum absolute atomic E-state index is 6.29. The van der Waals surface area contributed by atoms with E-state index in [4.69, 9.17) is 9.47 Å². The number of nitrogens with zero attached hydrogens (tertiary/aromatic N) is 2. The molecule has 2 atom stereocenters. The molecular weight excluding hydrogens is 312 g/mol. The number of piperidine rings is 3. The van der Waals surface area contributed by atoms with E-state index in [1.165, 1.54) is 37.1 Å². The molecule has 0 N–H and O–H groups in total. The molecule has 4 nitrogen and oxygen atoms in total. The lowest BCUT2D eigenvalue weighted by molar-refractivity contribution is -0.0525. The predicted molar refractivity (Wildman–Crippen MR) is 97.0 cm³/mol. The summed E-state index contributed by atoms with van der Waals surface area (Å²) in [5.41, 5.74) is 3.61. The van der Waals surface area contributed by atoms with E-state index in [0.717, 1.165) is 30.2 Å². The second-order valence-electron chi connectivity index (χ2n) is 7.50. The van der Waals surface area contributed by atoms with Gasteiger partial charge in [-0.3, -0.25) is 4.90 Å². The van der Waals surface area contributed by atoms with Crippen molar-refractivity contribution in [3.8, 4) is 22.8 Å². The van der Waals surface area contributed by atoms with Gasteiger partial charge >= 0.3 is 0 Å². The highest BCUT2D eigenvalue weighted by atomic mass is 16.5. The molecule has 25 heavy (non-hydrogen) atoms. The molecule has 0 saturated carbocycles. The van der Waals surface area contributed by atoms with Gasteiger partial charge in [-0.2, -0.15) is 0 Å². The van der Waals surface area contributed by atoms with Crippen LogP contribution in [0.4, 0.5) is 0 Å². The first kappa shape index (κ1) is 15.2. The summed E-state index contributed by atoms with van der Waals surface area (Å²) in [4.78, 5) is 7.14. The Labute approximate surface area is 148 Å². The zero-order chi connectivity index (χ0) is 16.8. The number of benzene rings is 1. The van der Waals surface area contributed by atoms with Crippen molar-refractivity contribution < 1.29 is 9.47 Å². The van der Waals surface area contributed by atoms with Crippen LogP contribution in [-0.2, 0) is 6.42 Å². The molecular formula is C21H24N2O2. The third-order valence-corrected chi connectivity index (χ3v) is 6.11. The number of aromatic nitrogens is 1. The minimum atomic E-state index is 0.276. The molecule has 0 radical (unpaired) electrons. The molecule has 2 bridgehead atoms. The van der Waals surface area contributed by atoms with Gasteiger partial charge in [0, 0.05) is 30.3 Å². The SMILES string of the molecule is C[C@H]1[C@H](Oc2ccc(-c3ccc4c(c3)CCO4)cn2)C2CCN1CC2. The van der Waals surface area contributed by atoms with E-state index >= 15 is 0 Å². The quantitative estimate of drug-likeness (QED) is 0.859. The van der Waals surface area contributed by atoms with Crippen LogP contribution in [0.1, 0.15) is 25.3 Å². The Bertz CT molecular complexity index is 764. The van der Waals surface area contributed by atoms with Gasteiger partial charge in [-0.15, -0.1) is 0 Å². The summed E-state index contributed by atoms with van der Waals surface area (Å²) < 4.78 is 11.9. The molecule has 3 fully saturated rings. The van der Waals surface area contributed by atoms with Crippen molar-refractivity contribution in [2.75, 3.05) is 19.7 Å². The molecule has 0 unspecified atom stereocenters. The number of rotatable bonds is 3. The first-order valence-electron chi connectivity index (χ1n) is 9.41. The molecule has 2 aromatic rings. The Hall–Kier alpha value is -2.07. The third kappa shape index (κ3) is 2.69. The Morgan fingerprint density at radius 2 is 1.96 bits per heavy atom. The average molecular weight is 336 g/mol. The lowest BCUT2D eigenvalue weighted by atomic mass is 9.81. The van der Waals surface area contributed by atoms with Gasteiger partial charge in [0.15, 0.2) is 0 Å². The highest BCUT2D eigenvalue weighted by Gasteiger charge is 2.41. The van der Waals surface area contributed by atoms with Gasteiger partial charge < -0.3 is 9.47 Å². The molecule has 0 aliphatic carbocycles. The van der Waals surface area contributed by atoms with Crippen LogP contribution in [0.15, 0.2) is 36.5 Å². The smallest absolute Gasteiger partial charge is 0.213 e. The van der Waals surface area contributed by atoms with E-state index in [9.17, 15) is 0 Å². The molecule has 0 spiro atoms. The molecule has 1 aromatic heterocycles. The van der Waals surface area contributed by atoms with Crippen molar-refractivity contribution >= 4 is 0 Å². The van der Waals surface area contributed by atoms with Crippen molar-refractivity contribution in [2.45, 2.75) is 38.3 Å². The molecule has 4 heteroatoms. The monoisotopic (exact) mass is 336 g/mol. The largest absolute Gasteiger partial charge is 0.493 e. The minimum absolute atomic E-state index is 0.276. The van der Waals surface area contributed by atoms with Crippen molar-refractivity contribution in [3.63, 3.8) is 0 Å². The van der Waals surface area contributed by atoms with E-state index in [2.05, 4.69) is 41.1 Å². The van der Waals surface area contributed by atoms with Gasteiger partial charge in [-0.1, -0.05) is 6.07 Å². The zero-order valence-electron chi connectivity index (χ0n) is 14.6. The van der Waals surface area contributed by atoms with Crippen LogP contribution in [0.3, 0.4) is 0 Å². The molecule has 4 aliphatic rings. The van der Waals surface area contributed by atoms with Crippen LogP contribution in [0.5, 0.6) is 11.6 Å². The summed E-state index contributed by atoms with van der Waals surface area (Å²) in [5, 5.41) is 0. The highest BCUT2D eigenvalue weighted by molar-refractivity contribution is 5.65. The molecule has 130 valence electrons. The fraction of sp³-hybridized carbons (Fsp3) is 0.476. The molecule has 4 aliphatic heterocycles. The van der Waals surface area contributed by atoms with E-state index in [1.807, 2.05) is 12.3 Å². The molecule has 5 heterocycles. The zero-order valence-corrected chi connectivity index (χ0v) is 14.6. The summed E-state index contributed by atoms with van der Waals surface area (Å²) in [7, 11) is 0. The van der Waals surface area contributed by atoms with E-state index in [-0.39, 0.29) is 6.10 Å². The molecule has 6 rings (SSSR count). The first-order valence-corrected chi connectivity index (χ1v) is 9.41. The van der Waals surface area contributed by atoms with Crippen molar-refractivity contribution in [3.05, 3.63) is 42.1 Å². The van der Waals surface area contributed by atoms with E-state index in [0.29, 0.717) is 12.0 Å². The van der Waals surface area contributed by atoms with Gasteiger partial charge in [0.2, 0.25) is 5.88 Å². The normalized spacial score (nSPS) is 30.0. The second-order valence-corrected chi connectivity index (χ2v) is 7.50. The fourth-order valence-corrected chi connectivity index (χ4v) is 4.58. The Kier molecular flexibility index (Phi) is 3.66. The van der Waals surface area contributed by atoms with Gasteiger partial charge in [0.25, 0.3) is 0 Å². The number of ether oxygens (including phenoxy) is 2. The molecule has 3 saturated heterocycles. The predicted octanol–water partition coefficient (Wildman–Crippen LogP) is 3.55. The van der Waals surface area contributed by atoms with E-state index in [1.54, 1.807) is 0 Å². The summed E-state index contributed by atoms with van der Waals surface area (Å²) in [6.45, 7) is 5.53. The number of pyridine rings is 1. The summed E-state index contributed by atoms with van der Waals surface area (Å²) in [6.07, 6.45) is 5.71. The Morgan fingerprint density at radius 1 is 1.12 bits per heavy atom. The van der Waals surface area contributed by atoms with Crippen LogP contribution in [0.2, 0.25) is 0 Å². The van der Waals surface area contributed by atoms with Crippen LogP contribution < -0.4 is 9.47 Å². The summed E-state index contributed by atoms with van der Waals surface area (Å²) in [6, 6.07) is 11.0. The van der Waals surface area contributed by atoms with Crippen molar-refractivity contribution in [2.24, 2.45) is 5.92 Å². The lowest BCUT2D eigenvalue weighted by Crippen LogP contribution is -2.58. The van der Waals surface area contributed by atoms with Gasteiger partial charge in [0.05, 0.1) is 6.61 Å². The number of hydrogen-bond donors (Lipinski definition) is 0. The van der Waals surface area contributed by atoms with E-state index < -0.39 is 0 Å². The van der Waals surface area contributed by atoms with Gasteiger partial charge in [0.1, 0.15) is 11.9 Å². The maximum Gasteiger partial charge on any atom is 0.213 e. The van der Waals surface area contributed by atoms with Crippen molar-refractivity contribution in [1.29, 1.82) is 0 Å². The van der Waals surface area contributed by atoms with Gasteiger partial charge in [-0.05, 0) is 68.1 Å². The Morgan fingerprint density at radius 3 is 2.72 bits per heavy atom. The topological polar surface area (TPSA) is 34.6 Å². The third-order valence-electron chi connectivity index (χ3n) is 6.11. The molecule has 0 amide bonds. The second kappa shape index (κ2) is 6.03. The van der Waals surface area contributed by atoms with Crippen LogP contribution in [0, 0.1) is 5.92 Å². The lowest BCUT2D eigenvalue weighted by Gasteiger charge is -2.49. The fourth-order valence-electron chi connectivity index (χ4n) is 4.58. The van der Waals surface area contributed by atoms with Crippen LogP contribution in [-0.4, -0.2) is 41.7 Å². The average Bonchev–Trinajstić information content (AvgIpc) is 3.13. The number of fused-ring (bicyclic) bond motifs is 4. The van der Waals surface area contributed by atoms with Crippen LogP contribution in [0.25, 0.3) is 11.1 Å². The standard InChI is InChI=1S/C21H24N2O2/c1-14-21(15-6-9-23(14)10-7-15)25-20-5-3-18(13-22-20)16-2-4-19-17(12-16)8-11-24-19/h2-5,12-15,21H,6-11H2,1H3/t14-,21-/m0/s1. The van der Waals surface area contributed by atoms with Crippen molar-refractivity contribution in [1.82, 2.24) is 9.88 Å². The maximum atomic E-state index is 6.29. The van der Waals surface area contributed by atoms with Crippen LogP contribution >= 0.6 is 0 Å². The summed E-state index contributed by atoms with van der Waals surface area (Å²) >= 11 is 0. The summed E-state index contributed by atoms with van der Waals surface area (Å²) in [5.74, 6) is 2.45.